The first-order valence-corrected chi connectivity index (χ1v) is 7.50. The molecule has 0 unspecified atom stereocenters. The lowest BCUT2D eigenvalue weighted by molar-refractivity contribution is -0.384. The maximum Gasteiger partial charge on any atom is 0.488 e. The number of benzene rings is 1. The van der Waals surface area contributed by atoms with Crippen molar-refractivity contribution in [1.29, 1.82) is 0 Å². The van der Waals surface area contributed by atoms with Gasteiger partial charge in [-0.05, 0) is 23.7 Å². The summed E-state index contributed by atoms with van der Waals surface area (Å²) in [7, 11) is 0.258. The first-order valence-electron chi connectivity index (χ1n) is 7.50. The Hall–Kier alpha value is -3.44. The molecule has 140 valence electrons. The number of carbonyl (C=O) groups excluding carboxylic acids is 2. The van der Waals surface area contributed by atoms with Crippen molar-refractivity contribution in [3.05, 3.63) is 64.0 Å². The Kier molecular flexibility index (Phi) is 6.11. The van der Waals surface area contributed by atoms with Crippen molar-refractivity contribution >= 4 is 35.9 Å². The lowest BCUT2D eigenvalue weighted by Crippen LogP contribution is -2.32. The summed E-state index contributed by atoms with van der Waals surface area (Å²) in [5, 5.41) is 30.0. The van der Waals surface area contributed by atoms with Crippen LogP contribution in [-0.4, -0.2) is 48.2 Å². The number of rotatable bonds is 5. The van der Waals surface area contributed by atoms with Crippen LogP contribution < -0.4 is 10.4 Å². The second-order valence-electron chi connectivity index (χ2n) is 5.23. The smallest absolute Gasteiger partial charge is 0.465 e. The normalized spacial score (nSPS) is 13.3. The van der Waals surface area contributed by atoms with E-state index in [1.807, 2.05) is 0 Å². The van der Waals surface area contributed by atoms with Gasteiger partial charge in [-0.1, -0.05) is 6.08 Å². The zero-order chi connectivity index (χ0) is 20.1. The van der Waals surface area contributed by atoms with E-state index in [1.54, 1.807) is 0 Å². The molecule has 0 aromatic heterocycles. The Morgan fingerprint density at radius 3 is 2.33 bits per heavy atom. The van der Waals surface area contributed by atoms with Gasteiger partial charge < -0.3 is 24.4 Å². The Balaban J connectivity index is 2.75. The first kappa shape index (κ1) is 19.9. The van der Waals surface area contributed by atoms with E-state index in [0.717, 1.165) is 31.3 Å². The summed E-state index contributed by atoms with van der Waals surface area (Å²) in [5.74, 6) is -1.72. The van der Waals surface area contributed by atoms with E-state index in [4.69, 9.17) is 4.74 Å². The molecule has 1 aromatic carbocycles. The highest BCUT2D eigenvalue weighted by atomic mass is 16.6. The average molecular weight is 374 g/mol. The van der Waals surface area contributed by atoms with Crippen LogP contribution in [-0.2, 0) is 19.1 Å². The van der Waals surface area contributed by atoms with Gasteiger partial charge >= 0.3 is 19.1 Å². The molecule has 1 aliphatic rings. The third-order valence-electron chi connectivity index (χ3n) is 3.60. The van der Waals surface area contributed by atoms with Gasteiger partial charge in [0, 0.05) is 18.3 Å². The fourth-order valence-electron chi connectivity index (χ4n) is 2.38. The molecule has 2 N–H and O–H groups in total. The Morgan fingerprint density at radius 1 is 1.11 bits per heavy atom. The van der Waals surface area contributed by atoms with Gasteiger partial charge in [0.2, 0.25) is 0 Å². The van der Waals surface area contributed by atoms with Gasteiger partial charge in [-0.25, -0.2) is 9.59 Å². The largest absolute Gasteiger partial charge is 0.488 e. The molecule has 0 atom stereocenters. The van der Waals surface area contributed by atoms with Crippen molar-refractivity contribution in [3.63, 3.8) is 0 Å². The minimum atomic E-state index is -1.98. The molecule has 1 heterocycles. The number of allylic oxidation sites excluding steroid dienone is 2. The van der Waals surface area contributed by atoms with Crippen molar-refractivity contribution in [2.75, 3.05) is 19.1 Å². The van der Waals surface area contributed by atoms with E-state index >= 15 is 0 Å². The van der Waals surface area contributed by atoms with Crippen LogP contribution in [0.2, 0.25) is 0 Å². The van der Waals surface area contributed by atoms with E-state index in [0.29, 0.717) is 0 Å². The lowest BCUT2D eigenvalue weighted by atomic mass is 9.80. The van der Waals surface area contributed by atoms with Crippen LogP contribution in [0.25, 0.3) is 0 Å². The number of nitro groups is 1. The summed E-state index contributed by atoms with van der Waals surface area (Å²) in [4.78, 5) is 36.1. The van der Waals surface area contributed by atoms with Crippen LogP contribution in [0.5, 0.6) is 0 Å². The fourth-order valence-corrected chi connectivity index (χ4v) is 2.38. The molecule has 1 aromatic rings. The molecular formula is C16H15BN2O8. The maximum absolute atomic E-state index is 12.3. The number of nitro benzene ring substituents is 1. The summed E-state index contributed by atoms with van der Waals surface area (Å²) in [6.45, 7) is 0. The molecule has 10 nitrogen and oxygen atoms in total. The van der Waals surface area contributed by atoms with Gasteiger partial charge in [0.25, 0.3) is 5.69 Å². The molecule has 0 amide bonds. The van der Waals surface area contributed by atoms with Crippen LogP contribution >= 0.6 is 0 Å². The lowest BCUT2D eigenvalue weighted by Gasteiger charge is -2.23. The minimum Gasteiger partial charge on any atom is -0.465 e. The molecule has 0 spiro atoms. The molecule has 0 fully saturated rings. The predicted octanol–water partition coefficient (Wildman–Crippen LogP) is -0.235. The highest BCUT2D eigenvalue weighted by Gasteiger charge is 2.29. The fraction of sp³-hybridized carbons (Fsp3) is 0.125. The van der Waals surface area contributed by atoms with Gasteiger partial charge in [0.15, 0.2) is 0 Å². The van der Waals surface area contributed by atoms with Crippen molar-refractivity contribution in [2.24, 2.45) is 0 Å². The van der Waals surface area contributed by atoms with Crippen molar-refractivity contribution < 1.29 is 34.0 Å². The molecule has 2 rings (SSSR count). The van der Waals surface area contributed by atoms with E-state index in [-0.39, 0.29) is 22.4 Å². The van der Waals surface area contributed by atoms with Gasteiger partial charge in [0.05, 0.1) is 30.4 Å². The van der Waals surface area contributed by atoms with Crippen LogP contribution in [0, 0.1) is 10.1 Å². The molecule has 0 saturated carbocycles. The Morgan fingerprint density at radius 2 is 1.78 bits per heavy atom. The van der Waals surface area contributed by atoms with Crippen molar-refractivity contribution in [1.82, 2.24) is 0 Å². The second kappa shape index (κ2) is 8.30. The van der Waals surface area contributed by atoms with E-state index in [1.165, 1.54) is 30.5 Å². The molecule has 0 radical (unpaired) electrons. The van der Waals surface area contributed by atoms with Crippen LogP contribution in [0.15, 0.2) is 53.9 Å². The number of ether oxygens (including phenoxy) is 2. The molecule has 0 saturated heterocycles. The summed E-state index contributed by atoms with van der Waals surface area (Å²) < 4.78 is 9.41. The summed E-state index contributed by atoms with van der Waals surface area (Å²) in [6.07, 6.45) is 5.64. The highest BCUT2D eigenvalue weighted by molar-refractivity contribution is 6.58. The Labute approximate surface area is 153 Å². The van der Waals surface area contributed by atoms with E-state index in [2.05, 4.69) is 4.74 Å². The first-order chi connectivity index (χ1) is 12.8. The van der Waals surface area contributed by atoms with Crippen molar-refractivity contribution in [3.8, 4) is 0 Å². The van der Waals surface area contributed by atoms with Crippen molar-refractivity contribution in [2.45, 2.75) is 0 Å². The van der Waals surface area contributed by atoms with E-state index < -0.39 is 29.7 Å². The number of carbonyl (C=O) groups is 2. The topological polar surface area (TPSA) is 139 Å². The van der Waals surface area contributed by atoms with Gasteiger partial charge in [-0.3, -0.25) is 10.1 Å². The molecule has 11 heteroatoms. The summed E-state index contributed by atoms with van der Waals surface area (Å²) in [6, 6.07) is 3.32. The molecular weight excluding hydrogens is 359 g/mol. The molecule has 27 heavy (non-hydrogen) atoms. The van der Waals surface area contributed by atoms with Crippen LogP contribution in [0.1, 0.15) is 0 Å². The zero-order valence-corrected chi connectivity index (χ0v) is 14.4. The van der Waals surface area contributed by atoms with Gasteiger partial charge in [0.1, 0.15) is 5.70 Å². The minimum absolute atomic E-state index is 0.0362. The number of anilines is 1. The number of esters is 2. The van der Waals surface area contributed by atoms with Gasteiger partial charge in [-0.2, -0.15) is 0 Å². The summed E-state index contributed by atoms with van der Waals surface area (Å²) in [5.41, 5.74) is -0.979. The molecule has 0 bridgehead atoms. The second-order valence-corrected chi connectivity index (χ2v) is 5.23. The third-order valence-corrected chi connectivity index (χ3v) is 3.60. The maximum atomic E-state index is 12.3. The number of nitrogens with zero attached hydrogens (tertiary/aromatic N) is 2. The Bertz CT molecular complexity index is 875. The average Bonchev–Trinajstić information content (AvgIpc) is 2.89. The molecule has 1 aliphatic heterocycles. The van der Waals surface area contributed by atoms with Gasteiger partial charge in [-0.15, -0.1) is 0 Å². The standard InChI is InChI=1S/C16H15BN2O8/c1-26-15(20)13-5-3-4-6-18(14(13)16(21)27-2)11-7-10(17(22)23)8-12(9-11)19(24)25/h3-9,22-23H,1-2H3. The van der Waals surface area contributed by atoms with Crippen LogP contribution in [0.3, 0.4) is 0 Å². The quantitative estimate of drug-likeness (QED) is 0.309. The number of hydrogen-bond acceptors (Lipinski definition) is 9. The monoisotopic (exact) mass is 374 g/mol. The van der Waals surface area contributed by atoms with Crippen LogP contribution in [0.4, 0.5) is 11.4 Å². The SMILES string of the molecule is COC(=O)C1=C(C(=O)OC)N(c2cc(B(O)O)cc([N+](=O)[O-])c2)C=CC=C1. The third kappa shape index (κ3) is 4.22. The number of non-ortho nitro benzene ring substituents is 1. The zero-order valence-electron chi connectivity index (χ0n) is 14.4. The predicted molar refractivity (Wildman–Crippen MR) is 94.7 cm³/mol. The molecule has 0 aliphatic carbocycles. The number of hydrogen-bond donors (Lipinski definition) is 2. The number of methoxy groups -OCH3 is 2. The highest BCUT2D eigenvalue weighted by Crippen LogP contribution is 2.28. The summed E-state index contributed by atoms with van der Waals surface area (Å²) >= 11 is 0. The van der Waals surface area contributed by atoms with E-state index in [9.17, 15) is 29.8 Å².